The number of nitrogens with zero attached hydrogens (tertiary/aromatic N) is 2. The minimum absolute atomic E-state index is 0.287. The first kappa shape index (κ1) is 14.4. The first-order valence-electron chi connectivity index (χ1n) is 7.77. The van der Waals surface area contributed by atoms with Crippen LogP contribution in [0.2, 0.25) is 0 Å². The van der Waals surface area contributed by atoms with Crippen LogP contribution in [0.3, 0.4) is 0 Å². The van der Waals surface area contributed by atoms with E-state index in [-0.39, 0.29) is 11.8 Å². The Morgan fingerprint density at radius 2 is 0.947 bits per heavy atom. The standard InChI is InChI=1S/C17H26N2/c1-11-5-15(6-12(11)2)17(9-18,10-19)16-7-13(3)14(4)8-16/h11-16H,5-8H2,1-4H3. The second kappa shape index (κ2) is 5.16. The van der Waals surface area contributed by atoms with Crippen LogP contribution in [0.4, 0.5) is 0 Å². The molecule has 0 bridgehead atoms. The molecule has 0 aliphatic heterocycles. The molecule has 4 atom stereocenters. The van der Waals surface area contributed by atoms with Gasteiger partial charge in [-0.15, -0.1) is 0 Å². The number of rotatable bonds is 2. The van der Waals surface area contributed by atoms with E-state index in [4.69, 9.17) is 0 Å². The molecule has 4 unspecified atom stereocenters. The van der Waals surface area contributed by atoms with Crippen LogP contribution in [0.1, 0.15) is 53.4 Å². The van der Waals surface area contributed by atoms with Gasteiger partial charge in [0.15, 0.2) is 0 Å². The van der Waals surface area contributed by atoms with Crippen molar-refractivity contribution in [2.24, 2.45) is 40.9 Å². The second-order valence-corrected chi connectivity index (χ2v) is 7.34. The Morgan fingerprint density at radius 3 is 1.16 bits per heavy atom. The third-order valence-electron chi connectivity index (χ3n) is 6.23. The molecule has 0 aromatic carbocycles. The molecule has 0 heterocycles. The molecule has 2 heteroatoms. The molecule has 2 fully saturated rings. The van der Waals surface area contributed by atoms with Crippen LogP contribution in [0.15, 0.2) is 0 Å². The maximum Gasteiger partial charge on any atom is 0.149 e. The molecular formula is C17H26N2. The third kappa shape index (κ3) is 2.27. The predicted octanol–water partition coefficient (Wildman–Crippen LogP) is 4.38. The van der Waals surface area contributed by atoms with E-state index >= 15 is 0 Å². The van der Waals surface area contributed by atoms with Crippen molar-refractivity contribution < 1.29 is 0 Å². The molecule has 2 nitrogen and oxygen atoms in total. The van der Waals surface area contributed by atoms with Crippen molar-refractivity contribution in [1.82, 2.24) is 0 Å². The van der Waals surface area contributed by atoms with Crippen molar-refractivity contribution in [3.8, 4) is 12.1 Å². The zero-order valence-corrected chi connectivity index (χ0v) is 12.7. The van der Waals surface area contributed by atoms with Gasteiger partial charge in [0, 0.05) is 0 Å². The smallest absolute Gasteiger partial charge is 0.149 e. The summed E-state index contributed by atoms with van der Waals surface area (Å²) in [7, 11) is 0. The third-order valence-corrected chi connectivity index (χ3v) is 6.23. The molecule has 104 valence electrons. The van der Waals surface area contributed by atoms with Gasteiger partial charge in [-0.2, -0.15) is 10.5 Å². The molecule has 0 radical (unpaired) electrons. The van der Waals surface area contributed by atoms with Crippen molar-refractivity contribution in [2.75, 3.05) is 0 Å². The highest BCUT2D eigenvalue weighted by Gasteiger charge is 2.52. The average Bonchev–Trinajstić information content (AvgIpc) is 2.88. The zero-order chi connectivity index (χ0) is 14.2. The Hall–Kier alpha value is -1.02. The van der Waals surface area contributed by atoms with E-state index in [1.807, 2.05) is 0 Å². The van der Waals surface area contributed by atoms with Gasteiger partial charge in [0.05, 0.1) is 12.1 Å². The zero-order valence-electron chi connectivity index (χ0n) is 12.7. The van der Waals surface area contributed by atoms with E-state index in [1.165, 1.54) is 0 Å². The van der Waals surface area contributed by atoms with E-state index in [0.717, 1.165) is 25.7 Å². The number of hydrogen-bond donors (Lipinski definition) is 0. The topological polar surface area (TPSA) is 47.6 Å². The average molecular weight is 258 g/mol. The fraction of sp³-hybridized carbons (Fsp3) is 0.882. The van der Waals surface area contributed by atoms with E-state index in [0.29, 0.717) is 23.7 Å². The molecule has 0 saturated heterocycles. The maximum absolute atomic E-state index is 9.77. The molecule has 2 aliphatic carbocycles. The fourth-order valence-electron chi connectivity index (χ4n) is 4.38. The summed E-state index contributed by atoms with van der Waals surface area (Å²) in [5.74, 6) is 3.19. The van der Waals surface area contributed by atoms with E-state index in [2.05, 4.69) is 39.8 Å². The molecule has 0 aromatic rings. The van der Waals surface area contributed by atoms with Gasteiger partial charge in [-0.25, -0.2) is 0 Å². The van der Waals surface area contributed by atoms with Crippen LogP contribution in [-0.2, 0) is 0 Å². The van der Waals surface area contributed by atoms with Crippen molar-refractivity contribution >= 4 is 0 Å². The van der Waals surface area contributed by atoms with Gasteiger partial charge in [0.1, 0.15) is 5.41 Å². The maximum atomic E-state index is 9.77. The van der Waals surface area contributed by atoms with Gasteiger partial charge in [-0.1, -0.05) is 27.7 Å². The van der Waals surface area contributed by atoms with Gasteiger partial charge in [0.25, 0.3) is 0 Å². The summed E-state index contributed by atoms with van der Waals surface area (Å²) in [6.45, 7) is 9.07. The molecule has 2 rings (SSSR count). The summed E-state index contributed by atoms with van der Waals surface area (Å²) in [5.41, 5.74) is -0.724. The summed E-state index contributed by atoms with van der Waals surface area (Å²) in [4.78, 5) is 0. The molecule has 0 amide bonds. The minimum atomic E-state index is -0.724. The monoisotopic (exact) mass is 258 g/mol. The SMILES string of the molecule is CC1CC(C(C#N)(C#N)C2CC(C)C(C)C2)CC1C. The lowest BCUT2D eigenvalue weighted by molar-refractivity contribution is 0.200. The van der Waals surface area contributed by atoms with Gasteiger partial charge in [0.2, 0.25) is 0 Å². The highest BCUT2D eigenvalue weighted by Crippen LogP contribution is 2.54. The Bertz CT molecular complexity index is 354. The van der Waals surface area contributed by atoms with Crippen LogP contribution < -0.4 is 0 Å². The minimum Gasteiger partial charge on any atom is -0.197 e. The van der Waals surface area contributed by atoms with E-state index in [1.54, 1.807) is 0 Å². The first-order chi connectivity index (χ1) is 8.94. The van der Waals surface area contributed by atoms with Crippen molar-refractivity contribution in [2.45, 2.75) is 53.4 Å². The highest BCUT2D eigenvalue weighted by atomic mass is 14.6. The van der Waals surface area contributed by atoms with Gasteiger partial charge in [-0.05, 0) is 61.2 Å². The second-order valence-electron chi connectivity index (χ2n) is 7.34. The van der Waals surface area contributed by atoms with Crippen molar-refractivity contribution in [3.05, 3.63) is 0 Å². The summed E-state index contributed by atoms with van der Waals surface area (Å²) < 4.78 is 0. The molecule has 2 aliphatic rings. The number of nitriles is 2. The van der Waals surface area contributed by atoms with Crippen LogP contribution >= 0.6 is 0 Å². The van der Waals surface area contributed by atoms with Crippen LogP contribution in [0.25, 0.3) is 0 Å². The largest absolute Gasteiger partial charge is 0.197 e. The summed E-state index contributed by atoms with van der Waals surface area (Å²) in [6, 6.07) is 4.94. The van der Waals surface area contributed by atoms with Crippen LogP contribution in [0, 0.1) is 63.6 Å². The fourth-order valence-corrected chi connectivity index (χ4v) is 4.38. The number of hydrogen-bond acceptors (Lipinski definition) is 2. The Kier molecular flexibility index (Phi) is 3.91. The molecule has 0 N–H and O–H groups in total. The molecule has 0 spiro atoms. The van der Waals surface area contributed by atoms with Gasteiger partial charge >= 0.3 is 0 Å². The Labute approximate surface area is 117 Å². The quantitative estimate of drug-likeness (QED) is 0.737. The lowest BCUT2D eigenvalue weighted by Crippen LogP contribution is -2.34. The summed E-state index contributed by atoms with van der Waals surface area (Å²) >= 11 is 0. The molecule has 0 aromatic heterocycles. The molecule has 2 saturated carbocycles. The van der Waals surface area contributed by atoms with Crippen LogP contribution in [-0.4, -0.2) is 0 Å². The van der Waals surface area contributed by atoms with Gasteiger partial charge in [-0.3, -0.25) is 0 Å². The Balaban J connectivity index is 2.25. The lowest BCUT2D eigenvalue weighted by atomic mass is 9.66. The summed E-state index contributed by atoms with van der Waals surface area (Å²) in [5, 5.41) is 19.5. The highest BCUT2D eigenvalue weighted by molar-refractivity contribution is 5.21. The van der Waals surface area contributed by atoms with E-state index < -0.39 is 5.41 Å². The van der Waals surface area contributed by atoms with Crippen LogP contribution in [0.5, 0.6) is 0 Å². The van der Waals surface area contributed by atoms with Crippen molar-refractivity contribution in [1.29, 1.82) is 10.5 Å². The molecule has 19 heavy (non-hydrogen) atoms. The predicted molar refractivity (Wildman–Crippen MR) is 75.8 cm³/mol. The van der Waals surface area contributed by atoms with Crippen molar-refractivity contribution in [3.63, 3.8) is 0 Å². The first-order valence-corrected chi connectivity index (χ1v) is 7.77. The van der Waals surface area contributed by atoms with Gasteiger partial charge < -0.3 is 0 Å². The van der Waals surface area contributed by atoms with E-state index in [9.17, 15) is 10.5 Å². The lowest BCUT2D eigenvalue weighted by Gasteiger charge is -2.32. The normalized spacial score (nSPS) is 42.8. The summed E-state index contributed by atoms with van der Waals surface area (Å²) in [6.07, 6.45) is 4.23. The molecular weight excluding hydrogens is 232 g/mol. The Morgan fingerprint density at radius 1 is 0.684 bits per heavy atom.